The van der Waals surface area contributed by atoms with Crippen LogP contribution < -0.4 is 0 Å². The Morgan fingerprint density at radius 3 is 2.56 bits per heavy atom. The fourth-order valence-corrected chi connectivity index (χ4v) is 3.45. The largest absolute Gasteiger partial charge is 0.472 e. The first-order chi connectivity index (χ1) is 7.59. The average Bonchev–Trinajstić information content (AvgIpc) is 2.75. The van der Waals surface area contributed by atoms with Crippen molar-refractivity contribution in [2.24, 2.45) is 0 Å². The van der Waals surface area contributed by atoms with Gasteiger partial charge in [0.15, 0.2) is 0 Å². The van der Waals surface area contributed by atoms with Gasteiger partial charge >= 0.3 is 0 Å². The first-order valence-electron chi connectivity index (χ1n) is 4.71. The summed E-state index contributed by atoms with van der Waals surface area (Å²) in [6, 6.07) is 6.18. The molecule has 0 fully saturated rings. The van der Waals surface area contributed by atoms with Crippen LogP contribution in [0.15, 0.2) is 44.1 Å². The molecule has 0 N–H and O–H groups in total. The van der Waals surface area contributed by atoms with Crippen LogP contribution in [0.25, 0.3) is 0 Å². The summed E-state index contributed by atoms with van der Waals surface area (Å²) in [4.78, 5) is 0.137. The van der Waals surface area contributed by atoms with Crippen molar-refractivity contribution in [1.29, 1.82) is 0 Å². The molecular weight excluding hydrogens is 400 g/mol. The highest BCUT2D eigenvalue weighted by molar-refractivity contribution is 9.11. The minimum absolute atomic E-state index is 0.137. The molecule has 0 aliphatic carbocycles. The smallest absolute Gasteiger partial charge is 0.0949 e. The van der Waals surface area contributed by atoms with Crippen LogP contribution in [0.5, 0.6) is 0 Å². The van der Waals surface area contributed by atoms with Gasteiger partial charge < -0.3 is 4.42 Å². The molecule has 1 atom stereocenters. The molecule has 1 aromatic heterocycles. The number of hydrogen-bond donors (Lipinski definition) is 0. The first-order valence-corrected chi connectivity index (χ1v) is 7.21. The molecule has 16 heavy (non-hydrogen) atoms. The van der Waals surface area contributed by atoms with Crippen molar-refractivity contribution in [3.63, 3.8) is 0 Å². The minimum Gasteiger partial charge on any atom is -0.472 e. The van der Waals surface area contributed by atoms with Gasteiger partial charge in [-0.2, -0.15) is 0 Å². The van der Waals surface area contributed by atoms with E-state index in [4.69, 9.17) is 4.42 Å². The van der Waals surface area contributed by atoms with Crippen LogP contribution in [0, 0.1) is 6.92 Å². The third-order valence-corrected chi connectivity index (χ3v) is 4.95. The maximum absolute atomic E-state index is 5.09. The van der Waals surface area contributed by atoms with Crippen molar-refractivity contribution >= 4 is 47.8 Å². The van der Waals surface area contributed by atoms with Gasteiger partial charge in [0.25, 0.3) is 0 Å². The van der Waals surface area contributed by atoms with Gasteiger partial charge in [0.1, 0.15) is 0 Å². The lowest BCUT2D eigenvalue weighted by Crippen LogP contribution is -1.93. The van der Waals surface area contributed by atoms with Crippen LogP contribution >= 0.6 is 47.8 Å². The fourth-order valence-electron chi connectivity index (χ4n) is 1.45. The predicted molar refractivity (Wildman–Crippen MR) is 76.1 cm³/mol. The molecule has 1 aromatic carbocycles. The highest BCUT2D eigenvalue weighted by Crippen LogP contribution is 2.38. The molecule has 0 saturated heterocycles. The third-order valence-electron chi connectivity index (χ3n) is 2.39. The van der Waals surface area contributed by atoms with E-state index in [0.717, 1.165) is 14.5 Å². The maximum Gasteiger partial charge on any atom is 0.0949 e. The SMILES string of the molecule is Cc1cc(Br)c(C(Br)c2ccoc2)cc1Br. The molecule has 1 heterocycles. The van der Waals surface area contributed by atoms with E-state index in [1.165, 1.54) is 11.1 Å². The second-order valence-electron chi connectivity index (χ2n) is 3.54. The normalized spacial score (nSPS) is 12.8. The number of hydrogen-bond acceptors (Lipinski definition) is 1. The zero-order chi connectivity index (χ0) is 11.7. The van der Waals surface area contributed by atoms with Gasteiger partial charge in [-0.05, 0) is 36.2 Å². The quantitative estimate of drug-likeness (QED) is 0.590. The maximum atomic E-state index is 5.09. The summed E-state index contributed by atoms with van der Waals surface area (Å²) in [7, 11) is 0. The van der Waals surface area contributed by atoms with E-state index in [2.05, 4.69) is 66.8 Å². The lowest BCUT2D eigenvalue weighted by molar-refractivity contribution is 0.564. The molecule has 0 aliphatic rings. The van der Waals surface area contributed by atoms with E-state index in [1.807, 2.05) is 6.07 Å². The van der Waals surface area contributed by atoms with E-state index >= 15 is 0 Å². The summed E-state index contributed by atoms with van der Waals surface area (Å²) in [5.74, 6) is 0. The number of halogens is 3. The van der Waals surface area contributed by atoms with Gasteiger partial charge in [-0.15, -0.1) is 0 Å². The second-order valence-corrected chi connectivity index (χ2v) is 6.17. The van der Waals surface area contributed by atoms with Crippen molar-refractivity contribution in [2.75, 3.05) is 0 Å². The molecule has 84 valence electrons. The number of furan rings is 1. The molecule has 0 radical (unpaired) electrons. The van der Waals surface area contributed by atoms with E-state index in [0.29, 0.717) is 0 Å². The monoisotopic (exact) mass is 406 g/mol. The third kappa shape index (κ3) is 2.44. The highest BCUT2D eigenvalue weighted by Gasteiger charge is 2.15. The van der Waals surface area contributed by atoms with Crippen molar-refractivity contribution in [2.45, 2.75) is 11.8 Å². The van der Waals surface area contributed by atoms with Crippen molar-refractivity contribution in [3.05, 3.63) is 56.4 Å². The minimum atomic E-state index is 0.137. The summed E-state index contributed by atoms with van der Waals surface area (Å²) in [5.41, 5.74) is 3.50. The molecule has 1 unspecified atom stereocenters. The zero-order valence-electron chi connectivity index (χ0n) is 8.51. The Morgan fingerprint density at radius 2 is 1.94 bits per heavy atom. The Hall–Kier alpha value is -0.0600. The van der Waals surface area contributed by atoms with Gasteiger partial charge in [0, 0.05) is 14.5 Å². The molecule has 0 aliphatic heterocycles. The first kappa shape index (κ1) is 12.4. The van der Waals surface area contributed by atoms with Crippen LogP contribution in [0.4, 0.5) is 0 Å². The summed E-state index contributed by atoms with van der Waals surface area (Å²) in [6.07, 6.45) is 3.43. The Balaban J connectivity index is 2.44. The molecule has 0 saturated carbocycles. The van der Waals surface area contributed by atoms with Gasteiger partial charge in [0.2, 0.25) is 0 Å². The van der Waals surface area contributed by atoms with Crippen molar-refractivity contribution in [1.82, 2.24) is 0 Å². The number of alkyl halides is 1. The molecule has 1 nitrogen and oxygen atoms in total. The van der Waals surface area contributed by atoms with Crippen LogP contribution in [-0.4, -0.2) is 0 Å². The summed E-state index contributed by atoms with van der Waals surface area (Å²) >= 11 is 10.8. The average molecular weight is 409 g/mol. The van der Waals surface area contributed by atoms with Crippen LogP contribution in [0.3, 0.4) is 0 Å². The lowest BCUT2D eigenvalue weighted by atomic mass is 10.1. The molecule has 2 rings (SSSR count). The number of aryl methyl sites for hydroxylation is 1. The zero-order valence-corrected chi connectivity index (χ0v) is 13.3. The van der Waals surface area contributed by atoms with Gasteiger partial charge in [-0.1, -0.05) is 47.8 Å². The van der Waals surface area contributed by atoms with Crippen LogP contribution in [0.2, 0.25) is 0 Å². The molecule has 0 bridgehead atoms. The summed E-state index contributed by atoms with van der Waals surface area (Å²) in [6.45, 7) is 2.07. The fraction of sp³-hybridized carbons (Fsp3) is 0.167. The molecule has 2 aromatic rings. The van der Waals surface area contributed by atoms with Gasteiger partial charge in [-0.25, -0.2) is 0 Å². The summed E-state index contributed by atoms with van der Waals surface area (Å²) < 4.78 is 7.30. The Labute approximate surface area is 120 Å². The standard InChI is InChI=1S/C12H9Br3O/c1-7-4-11(14)9(5-10(7)13)12(15)8-2-3-16-6-8/h2-6,12H,1H3. The Morgan fingerprint density at radius 1 is 1.19 bits per heavy atom. The van der Waals surface area contributed by atoms with Crippen molar-refractivity contribution in [3.8, 4) is 0 Å². The van der Waals surface area contributed by atoms with E-state index in [-0.39, 0.29) is 4.83 Å². The van der Waals surface area contributed by atoms with Gasteiger partial charge in [0.05, 0.1) is 17.4 Å². The number of benzene rings is 1. The van der Waals surface area contributed by atoms with E-state index in [1.54, 1.807) is 12.5 Å². The predicted octanol–water partition coefficient (Wildman–Crippen LogP) is 5.60. The molecular formula is C12H9Br3O. The van der Waals surface area contributed by atoms with Crippen LogP contribution in [0.1, 0.15) is 21.5 Å². The number of rotatable bonds is 2. The summed E-state index contributed by atoms with van der Waals surface area (Å²) in [5, 5.41) is 0. The Bertz CT molecular complexity index is 491. The molecule has 0 spiro atoms. The molecule has 0 amide bonds. The topological polar surface area (TPSA) is 13.1 Å². The molecule has 4 heteroatoms. The van der Waals surface area contributed by atoms with Crippen LogP contribution in [-0.2, 0) is 0 Å². The highest BCUT2D eigenvalue weighted by atomic mass is 79.9. The van der Waals surface area contributed by atoms with E-state index < -0.39 is 0 Å². The lowest BCUT2D eigenvalue weighted by Gasteiger charge is -2.12. The van der Waals surface area contributed by atoms with Crippen molar-refractivity contribution < 1.29 is 4.42 Å². The Kier molecular flexibility index (Phi) is 3.93. The van der Waals surface area contributed by atoms with E-state index in [9.17, 15) is 0 Å². The second kappa shape index (κ2) is 5.07. The van der Waals surface area contributed by atoms with Gasteiger partial charge in [-0.3, -0.25) is 0 Å².